The Labute approximate surface area is 126 Å². The highest BCUT2D eigenvalue weighted by Crippen LogP contribution is 2.21. The van der Waals surface area contributed by atoms with Gasteiger partial charge in [0.25, 0.3) is 0 Å². The zero-order chi connectivity index (χ0) is 14.7. The van der Waals surface area contributed by atoms with Crippen LogP contribution in [0, 0.1) is 0 Å². The summed E-state index contributed by atoms with van der Waals surface area (Å²) in [5.41, 5.74) is 3.68. The Balaban J connectivity index is 1.82. The summed E-state index contributed by atoms with van der Waals surface area (Å²) in [5.74, 6) is 0. The molecule has 0 aliphatic rings. The largest absolute Gasteiger partial charge is 0.381 e. The molecule has 0 saturated heterocycles. The van der Waals surface area contributed by atoms with Crippen LogP contribution in [0.2, 0.25) is 0 Å². The van der Waals surface area contributed by atoms with Gasteiger partial charge in [-0.3, -0.25) is 0 Å². The van der Waals surface area contributed by atoms with E-state index in [0.717, 1.165) is 12.2 Å². The summed E-state index contributed by atoms with van der Waals surface area (Å²) < 4.78 is 0. The van der Waals surface area contributed by atoms with Gasteiger partial charge in [-0.25, -0.2) is 0 Å². The van der Waals surface area contributed by atoms with Gasteiger partial charge >= 0.3 is 0 Å². The number of fused-ring (bicyclic) bond motifs is 1. The molecule has 106 valence electrons. The Hall–Kier alpha value is -2.48. The maximum atomic E-state index is 3.52. The molecule has 0 heterocycles. The summed E-state index contributed by atoms with van der Waals surface area (Å²) in [6.07, 6.45) is 0. The molecule has 0 aliphatic carbocycles. The normalized spacial score (nSPS) is 10.6. The highest BCUT2D eigenvalue weighted by Gasteiger charge is 2.01. The summed E-state index contributed by atoms with van der Waals surface area (Å²) in [6.45, 7) is 0.832. The van der Waals surface area contributed by atoms with Crippen molar-refractivity contribution < 1.29 is 0 Å². The molecule has 3 aromatic carbocycles. The Morgan fingerprint density at radius 2 is 1.62 bits per heavy atom. The van der Waals surface area contributed by atoms with Gasteiger partial charge in [0.1, 0.15) is 0 Å². The monoisotopic (exact) mass is 276 g/mol. The van der Waals surface area contributed by atoms with Crippen LogP contribution in [0.3, 0.4) is 0 Å². The van der Waals surface area contributed by atoms with E-state index in [-0.39, 0.29) is 0 Å². The van der Waals surface area contributed by atoms with E-state index < -0.39 is 0 Å². The van der Waals surface area contributed by atoms with Crippen LogP contribution in [0.4, 0.5) is 11.4 Å². The van der Waals surface area contributed by atoms with Crippen LogP contribution in [-0.2, 0) is 6.54 Å². The number of rotatable bonds is 4. The molecule has 0 bridgehead atoms. The van der Waals surface area contributed by atoms with Crippen molar-refractivity contribution in [3.8, 4) is 0 Å². The minimum absolute atomic E-state index is 0.832. The summed E-state index contributed by atoms with van der Waals surface area (Å²) in [4.78, 5) is 2.11. The topological polar surface area (TPSA) is 15.3 Å². The fourth-order valence-electron chi connectivity index (χ4n) is 2.54. The van der Waals surface area contributed by atoms with Crippen LogP contribution in [-0.4, -0.2) is 14.1 Å². The number of nitrogens with one attached hydrogen (secondary N) is 1. The fraction of sp³-hybridized carbons (Fsp3) is 0.158. The number of benzene rings is 3. The van der Waals surface area contributed by atoms with Crippen LogP contribution in [0.5, 0.6) is 0 Å². The number of hydrogen-bond donors (Lipinski definition) is 1. The Morgan fingerprint density at radius 3 is 2.48 bits per heavy atom. The minimum atomic E-state index is 0.832. The molecule has 0 fully saturated rings. The van der Waals surface area contributed by atoms with Crippen LogP contribution < -0.4 is 10.2 Å². The third-order valence-electron chi connectivity index (χ3n) is 3.73. The standard InChI is InChI=1S/C19H20N2/c1-21(2)18-11-6-10-17(13-18)20-14-16-9-5-8-15-7-3-4-12-19(15)16/h3-13,20H,14H2,1-2H3. The SMILES string of the molecule is CN(C)c1cccc(NCc2cccc3ccccc23)c1. The van der Waals surface area contributed by atoms with Crippen molar-refractivity contribution in [3.05, 3.63) is 72.3 Å². The van der Waals surface area contributed by atoms with Crippen molar-refractivity contribution in [2.45, 2.75) is 6.54 Å². The van der Waals surface area contributed by atoms with Crippen molar-refractivity contribution >= 4 is 22.1 Å². The van der Waals surface area contributed by atoms with Crippen molar-refractivity contribution in [2.75, 3.05) is 24.3 Å². The lowest BCUT2D eigenvalue weighted by Crippen LogP contribution is -2.09. The molecule has 0 aliphatic heterocycles. The van der Waals surface area contributed by atoms with Gasteiger partial charge in [-0.15, -0.1) is 0 Å². The fourth-order valence-corrected chi connectivity index (χ4v) is 2.54. The Morgan fingerprint density at radius 1 is 0.857 bits per heavy atom. The van der Waals surface area contributed by atoms with E-state index in [1.165, 1.54) is 22.0 Å². The van der Waals surface area contributed by atoms with Gasteiger partial charge in [0.2, 0.25) is 0 Å². The highest BCUT2D eigenvalue weighted by atomic mass is 15.1. The van der Waals surface area contributed by atoms with Crippen molar-refractivity contribution in [2.24, 2.45) is 0 Å². The molecule has 3 aromatic rings. The molecule has 1 N–H and O–H groups in total. The predicted octanol–water partition coefficient (Wildman–Crippen LogP) is 4.52. The molecule has 0 saturated carbocycles. The van der Waals surface area contributed by atoms with E-state index in [9.17, 15) is 0 Å². The zero-order valence-electron chi connectivity index (χ0n) is 12.5. The first kappa shape index (κ1) is 13.5. The quantitative estimate of drug-likeness (QED) is 0.753. The molecule has 2 heteroatoms. The van der Waals surface area contributed by atoms with Gasteiger partial charge in [-0.05, 0) is 34.5 Å². The van der Waals surface area contributed by atoms with Gasteiger partial charge in [-0.2, -0.15) is 0 Å². The lowest BCUT2D eigenvalue weighted by atomic mass is 10.0. The third kappa shape index (κ3) is 3.00. The van der Waals surface area contributed by atoms with E-state index in [1.807, 2.05) is 0 Å². The maximum Gasteiger partial charge on any atom is 0.0406 e. The first-order chi connectivity index (χ1) is 10.2. The molecule has 0 amide bonds. The van der Waals surface area contributed by atoms with E-state index in [0.29, 0.717) is 0 Å². The number of nitrogens with zero attached hydrogens (tertiary/aromatic N) is 1. The van der Waals surface area contributed by atoms with Gasteiger partial charge in [0.05, 0.1) is 0 Å². The second kappa shape index (κ2) is 5.88. The summed E-state index contributed by atoms with van der Waals surface area (Å²) in [7, 11) is 4.12. The lowest BCUT2D eigenvalue weighted by Gasteiger charge is -2.15. The van der Waals surface area contributed by atoms with Crippen molar-refractivity contribution in [1.29, 1.82) is 0 Å². The molecule has 0 spiro atoms. The first-order valence-electron chi connectivity index (χ1n) is 7.22. The molecule has 21 heavy (non-hydrogen) atoms. The van der Waals surface area contributed by atoms with Crippen LogP contribution in [0.1, 0.15) is 5.56 Å². The van der Waals surface area contributed by atoms with Crippen LogP contribution >= 0.6 is 0 Å². The average Bonchev–Trinajstić information content (AvgIpc) is 2.53. The summed E-state index contributed by atoms with van der Waals surface area (Å²) >= 11 is 0. The van der Waals surface area contributed by atoms with Gasteiger partial charge < -0.3 is 10.2 Å². The van der Waals surface area contributed by atoms with Crippen LogP contribution in [0.25, 0.3) is 10.8 Å². The Kier molecular flexibility index (Phi) is 3.78. The molecule has 0 unspecified atom stereocenters. The van der Waals surface area contributed by atoms with Gasteiger partial charge in [0, 0.05) is 32.0 Å². The van der Waals surface area contributed by atoms with E-state index in [1.54, 1.807) is 0 Å². The molecule has 2 nitrogen and oxygen atoms in total. The molecular formula is C19H20N2. The zero-order valence-corrected chi connectivity index (χ0v) is 12.5. The lowest BCUT2D eigenvalue weighted by molar-refractivity contribution is 1.12. The van der Waals surface area contributed by atoms with E-state index >= 15 is 0 Å². The summed E-state index contributed by atoms with van der Waals surface area (Å²) in [5, 5.41) is 6.13. The smallest absolute Gasteiger partial charge is 0.0406 e. The van der Waals surface area contributed by atoms with E-state index in [2.05, 4.69) is 91.0 Å². The van der Waals surface area contributed by atoms with Crippen LogP contribution in [0.15, 0.2) is 66.7 Å². The molecule has 0 aromatic heterocycles. The first-order valence-corrected chi connectivity index (χ1v) is 7.22. The predicted molar refractivity (Wildman–Crippen MR) is 92.0 cm³/mol. The molecular weight excluding hydrogens is 256 g/mol. The minimum Gasteiger partial charge on any atom is -0.381 e. The van der Waals surface area contributed by atoms with E-state index in [4.69, 9.17) is 0 Å². The molecule has 0 atom stereocenters. The average molecular weight is 276 g/mol. The highest BCUT2D eigenvalue weighted by molar-refractivity contribution is 5.85. The summed E-state index contributed by atoms with van der Waals surface area (Å²) in [6, 6.07) is 23.5. The van der Waals surface area contributed by atoms with Gasteiger partial charge in [0.15, 0.2) is 0 Å². The van der Waals surface area contributed by atoms with Crippen molar-refractivity contribution in [3.63, 3.8) is 0 Å². The number of anilines is 2. The second-order valence-electron chi connectivity index (χ2n) is 5.44. The third-order valence-corrected chi connectivity index (χ3v) is 3.73. The maximum absolute atomic E-state index is 3.52. The van der Waals surface area contributed by atoms with Gasteiger partial charge in [-0.1, -0.05) is 48.5 Å². The van der Waals surface area contributed by atoms with Crippen molar-refractivity contribution in [1.82, 2.24) is 0 Å². The Bertz CT molecular complexity index is 742. The number of hydrogen-bond acceptors (Lipinski definition) is 2. The second-order valence-corrected chi connectivity index (χ2v) is 5.44. The molecule has 0 radical (unpaired) electrons. The molecule has 3 rings (SSSR count).